The van der Waals surface area contributed by atoms with Gasteiger partial charge in [-0.15, -0.1) is 0 Å². The zero-order valence-corrected chi connectivity index (χ0v) is 11.9. The van der Waals surface area contributed by atoms with Crippen molar-refractivity contribution >= 4 is 15.9 Å². The van der Waals surface area contributed by atoms with Crippen molar-refractivity contribution in [3.05, 3.63) is 58.1 Å². The Morgan fingerprint density at radius 1 is 1.17 bits per heavy atom. The molecule has 0 heterocycles. The molecule has 18 heavy (non-hydrogen) atoms. The molecule has 2 rings (SSSR count). The van der Waals surface area contributed by atoms with Gasteiger partial charge in [0.15, 0.2) is 0 Å². The highest BCUT2D eigenvalue weighted by Gasteiger charge is 2.04. The number of ether oxygens (including phenoxy) is 1. The van der Waals surface area contributed by atoms with E-state index in [-0.39, 0.29) is 0 Å². The number of hydrogen-bond donors (Lipinski definition) is 1. The van der Waals surface area contributed by atoms with Gasteiger partial charge in [0, 0.05) is 4.47 Å². The highest BCUT2D eigenvalue weighted by Crippen LogP contribution is 2.28. The van der Waals surface area contributed by atoms with Gasteiger partial charge in [-0.3, -0.25) is 0 Å². The Balaban J connectivity index is 2.20. The third kappa shape index (κ3) is 3.12. The number of halogens is 1. The van der Waals surface area contributed by atoms with Crippen LogP contribution in [0.5, 0.6) is 11.5 Å². The van der Waals surface area contributed by atoms with Gasteiger partial charge in [-0.05, 0) is 49.2 Å². The maximum absolute atomic E-state index is 5.86. The Morgan fingerprint density at radius 2 is 1.94 bits per heavy atom. The molecule has 0 spiro atoms. The van der Waals surface area contributed by atoms with Gasteiger partial charge in [0.2, 0.25) is 0 Å². The van der Waals surface area contributed by atoms with Crippen molar-refractivity contribution in [2.45, 2.75) is 13.3 Å². The second kappa shape index (κ2) is 6.03. The predicted octanol–water partition coefficient (Wildman–Crippen LogP) is 4.05. The zero-order valence-electron chi connectivity index (χ0n) is 10.3. The maximum Gasteiger partial charge on any atom is 0.130 e. The summed E-state index contributed by atoms with van der Waals surface area (Å²) in [5.74, 6) is 1.72. The van der Waals surface area contributed by atoms with Crippen molar-refractivity contribution in [3.63, 3.8) is 0 Å². The number of para-hydroxylation sites is 1. The van der Waals surface area contributed by atoms with E-state index in [1.165, 1.54) is 5.56 Å². The molecule has 0 aliphatic rings. The summed E-state index contributed by atoms with van der Waals surface area (Å²) in [5.41, 5.74) is 7.89. The van der Waals surface area contributed by atoms with Crippen LogP contribution in [0.3, 0.4) is 0 Å². The van der Waals surface area contributed by atoms with Gasteiger partial charge in [0.05, 0.1) is 0 Å². The van der Waals surface area contributed by atoms with E-state index in [1.807, 2.05) is 49.4 Å². The molecule has 0 saturated carbocycles. The van der Waals surface area contributed by atoms with E-state index < -0.39 is 0 Å². The topological polar surface area (TPSA) is 35.2 Å². The molecule has 0 unspecified atom stereocenters. The SMILES string of the molecule is Cc1ccccc1Oc1ccc(CCN)c(Br)c1. The van der Waals surface area contributed by atoms with E-state index in [1.54, 1.807) is 0 Å². The minimum atomic E-state index is 0.649. The lowest BCUT2D eigenvalue weighted by atomic mass is 10.1. The Bertz CT molecular complexity index is 540. The Hall–Kier alpha value is -1.32. The van der Waals surface area contributed by atoms with Crippen LogP contribution >= 0.6 is 15.9 Å². The summed E-state index contributed by atoms with van der Waals surface area (Å²) in [7, 11) is 0. The van der Waals surface area contributed by atoms with Gasteiger partial charge in [-0.25, -0.2) is 0 Å². The van der Waals surface area contributed by atoms with Gasteiger partial charge in [0.1, 0.15) is 11.5 Å². The van der Waals surface area contributed by atoms with Crippen LogP contribution in [0.25, 0.3) is 0 Å². The van der Waals surface area contributed by atoms with Gasteiger partial charge in [-0.1, -0.05) is 40.2 Å². The van der Waals surface area contributed by atoms with E-state index >= 15 is 0 Å². The van der Waals surface area contributed by atoms with E-state index in [9.17, 15) is 0 Å². The molecule has 3 heteroatoms. The number of aryl methyl sites for hydroxylation is 1. The molecule has 0 bridgehead atoms. The Labute approximate surface area is 116 Å². The van der Waals surface area contributed by atoms with Crippen LogP contribution in [0.15, 0.2) is 46.9 Å². The molecule has 0 aliphatic heterocycles. The van der Waals surface area contributed by atoms with Crippen LogP contribution in [0.4, 0.5) is 0 Å². The molecule has 0 aliphatic carbocycles. The quantitative estimate of drug-likeness (QED) is 0.925. The van der Waals surface area contributed by atoms with Crippen LogP contribution in [-0.2, 0) is 6.42 Å². The molecule has 2 aromatic carbocycles. The molecule has 94 valence electrons. The molecule has 0 amide bonds. The first-order valence-electron chi connectivity index (χ1n) is 5.92. The Kier molecular flexibility index (Phi) is 4.39. The first-order chi connectivity index (χ1) is 8.70. The fourth-order valence-corrected chi connectivity index (χ4v) is 2.30. The normalized spacial score (nSPS) is 10.4. The molecule has 0 atom stereocenters. The largest absolute Gasteiger partial charge is 0.457 e. The summed E-state index contributed by atoms with van der Waals surface area (Å²) in [6.45, 7) is 2.68. The van der Waals surface area contributed by atoms with Gasteiger partial charge in [0.25, 0.3) is 0 Å². The smallest absolute Gasteiger partial charge is 0.130 e. The third-order valence-corrected chi connectivity index (χ3v) is 3.50. The lowest BCUT2D eigenvalue weighted by molar-refractivity contribution is 0.478. The lowest BCUT2D eigenvalue weighted by Crippen LogP contribution is -2.03. The second-order valence-corrected chi connectivity index (χ2v) is 5.01. The summed E-state index contributed by atoms with van der Waals surface area (Å²) in [4.78, 5) is 0. The predicted molar refractivity (Wildman–Crippen MR) is 78.2 cm³/mol. The number of nitrogens with two attached hydrogens (primary N) is 1. The van der Waals surface area contributed by atoms with Crippen molar-refractivity contribution in [2.24, 2.45) is 5.73 Å². The van der Waals surface area contributed by atoms with Gasteiger partial charge >= 0.3 is 0 Å². The zero-order chi connectivity index (χ0) is 13.0. The van der Waals surface area contributed by atoms with Crippen molar-refractivity contribution in [2.75, 3.05) is 6.54 Å². The molecule has 2 N–H and O–H groups in total. The van der Waals surface area contributed by atoms with E-state index in [0.717, 1.165) is 28.0 Å². The monoisotopic (exact) mass is 305 g/mol. The highest BCUT2D eigenvalue weighted by molar-refractivity contribution is 9.10. The van der Waals surface area contributed by atoms with Crippen LogP contribution < -0.4 is 10.5 Å². The fraction of sp³-hybridized carbons (Fsp3) is 0.200. The average Bonchev–Trinajstić information content (AvgIpc) is 2.36. The lowest BCUT2D eigenvalue weighted by Gasteiger charge is -2.10. The van der Waals surface area contributed by atoms with E-state index in [2.05, 4.69) is 15.9 Å². The van der Waals surface area contributed by atoms with E-state index in [0.29, 0.717) is 6.54 Å². The maximum atomic E-state index is 5.86. The summed E-state index contributed by atoms with van der Waals surface area (Å²) >= 11 is 3.54. The second-order valence-electron chi connectivity index (χ2n) is 4.16. The fourth-order valence-electron chi connectivity index (χ4n) is 1.75. The van der Waals surface area contributed by atoms with Crippen LogP contribution in [0.2, 0.25) is 0 Å². The minimum Gasteiger partial charge on any atom is -0.457 e. The summed E-state index contributed by atoms with van der Waals surface area (Å²) in [6.07, 6.45) is 0.866. The average molecular weight is 306 g/mol. The van der Waals surface area contributed by atoms with Crippen molar-refractivity contribution in [1.82, 2.24) is 0 Å². The molecule has 0 aromatic heterocycles. The highest BCUT2D eigenvalue weighted by atomic mass is 79.9. The molecule has 2 aromatic rings. The molecule has 0 fully saturated rings. The van der Waals surface area contributed by atoms with Crippen molar-refractivity contribution in [3.8, 4) is 11.5 Å². The molecule has 0 radical (unpaired) electrons. The van der Waals surface area contributed by atoms with Crippen LogP contribution in [-0.4, -0.2) is 6.54 Å². The minimum absolute atomic E-state index is 0.649. The van der Waals surface area contributed by atoms with Crippen molar-refractivity contribution in [1.29, 1.82) is 0 Å². The van der Waals surface area contributed by atoms with Gasteiger partial charge < -0.3 is 10.5 Å². The first kappa shape index (κ1) is 13.1. The van der Waals surface area contributed by atoms with Crippen LogP contribution in [0.1, 0.15) is 11.1 Å². The molecular formula is C15H16BrNO. The summed E-state index contributed by atoms with van der Waals surface area (Å²) in [6, 6.07) is 14.0. The molecular weight excluding hydrogens is 290 g/mol. The number of hydrogen-bond acceptors (Lipinski definition) is 2. The third-order valence-electron chi connectivity index (χ3n) is 2.76. The number of benzene rings is 2. The molecule has 0 saturated heterocycles. The Morgan fingerprint density at radius 3 is 2.61 bits per heavy atom. The van der Waals surface area contributed by atoms with Gasteiger partial charge in [-0.2, -0.15) is 0 Å². The molecule has 2 nitrogen and oxygen atoms in total. The number of rotatable bonds is 4. The van der Waals surface area contributed by atoms with E-state index in [4.69, 9.17) is 10.5 Å². The summed E-state index contributed by atoms with van der Waals surface area (Å²) < 4.78 is 6.90. The first-order valence-corrected chi connectivity index (χ1v) is 6.72. The van der Waals surface area contributed by atoms with Crippen LogP contribution in [0, 0.1) is 6.92 Å². The summed E-state index contributed by atoms with van der Waals surface area (Å²) in [5, 5.41) is 0. The standard InChI is InChI=1S/C15H16BrNO/c1-11-4-2-3-5-15(11)18-13-7-6-12(8-9-17)14(16)10-13/h2-7,10H,8-9,17H2,1H3. The van der Waals surface area contributed by atoms with Crippen molar-refractivity contribution < 1.29 is 4.74 Å².